The number of hydrogen-bond acceptors (Lipinski definition) is 4. The number of nitrogens with zero attached hydrogens (tertiary/aromatic N) is 2. The van der Waals surface area contributed by atoms with Crippen LogP contribution in [0.5, 0.6) is 5.88 Å². The van der Waals surface area contributed by atoms with Crippen LogP contribution >= 0.6 is 11.3 Å². The summed E-state index contributed by atoms with van der Waals surface area (Å²) < 4.78 is 20.6. The molecule has 2 aromatic heterocycles. The predicted octanol–water partition coefficient (Wildman–Crippen LogP) is 3.46. The molecule has 0 spiro atoms. The number of anilines is 1. The zero-order valence-electron chi connectivity index (χ0n) is 11.2. The van der Waals surface area contributed by atoms with Crippen LogP contribution in [0.4, 0.5) is 10.1 Å². The van der Waals surface area contributed by atoms with Crippen molar-refractivity contribution >= 4 is 22.0 Å². The average molecular weight is 291 g/mol. The van der Waals surface area contributed by atoms with Crippen LogP contribution < -0.4 is 10.1 Å². The smallest absolute Gasteiger partial charge is 0.238 e. The molecule has 104 valence electrons. The van der Waals surface area contributed by atoms with Gasteiger partial charge in [-0.25, -0.2) is 4.39 Å². The van der Waals surface area contributed by atoms with Crippen LogP contribution in [-0.2, 0) is 6.54 Å². The second-order valence-electron chi connectivity index (χ2n) is 4.49. The van der Waals surface area contributed by atoms with Gasteiger partial charge in [0.2, 0.25) is 5.88 Å². The van der Waals surface area contributed by atoms with Crippen molar-refractivity contribution in [3.8, 4) is 5.88 Å². The highest BCUT2D eigenvalue weighted by molar-refractivity contribution is 7.15. The Morgan fingerprint density at radius 3 is 3.00 bits per heavy atom. The van der Waals surface area contributed by atoms with E-state index in [-0.39, 0.29) is 5.82 Å². The molecule has 20 heavy (non-hydrogen) atoms. The minimum Gasteiger partial charge on any atom is -0.480 e. The Kier molecular flexibility index (Phi) is 3.31. The highest BCUT2D eigenvalue weighted by Gasteiger charge is 2.13. The summed E-state index contributed by atoms with van der Waals surface area (Å²) in [5.41, 5.74) is 2.55. The van der Waals surface area contributed by atoms with Crippen molar-refractivity contribution in [1.82, 2.24) is 9.38 Å². The van der Waals surface area contributed by atoms with E-state index in [4.69, 9.17) is 4.74 Å². The summed E-state index contributed by atoms with van der Waals surface area (Å²) in [6.45, 7) is 2.38. The molecular weight excluding hydrogens is 277 g/mol. The van der Waals surface area contributed by atoms with Crippen molar-refractivity contribution in [1.29, 1.82) is 0 Å². The molecule has 0 radical (unpaired) electrons. The van der Waals surface area contributed by atoms with E-state index in [0.717, 1.165) is 21.9 Å². The van der Waals surface area contributed by atoms with Gasteiger partial charge in [-0.1, -0.05) is 0 Å². The quantitative estimate of drug-likeness (QED) is 0.800. The molecule has 1 N–H and O–H groups in total. The van der Waals surface area contributed by atoms with Crippen molar-refractivity contribution in [2.24, 2.45) is 0 Å². The van der Waals surface area contributed by atoms with Crippen molar-refractivity contribution in [3.63, 3.8) is 0 Å². The lowest BCUT2D eigenvalue weighted by atomic mass is 10.2. The maximum absolute atomic E-state index is 13.4. The number of aromatic nitrogens is 2. The number of fused-ring (bicyclic) bond motifs is 1. The average Bonchev–Trinajstić information content (AvgIpc) is 2.95. The molecule has 0 aliphatic carbocycles. The molecule has 0 aliphatic heterocycles. The molecular formula is C14H14FN3OS. The second kappa shape index (κ2) is 5.13. The highest BCUT2D eigenvalue weighted by Crippen LogP contribution is 2.24. The zero-order valence-corrected chi connectivity index (χ0v) is 12.0. The Hall–Kier alpha value is -2.08. The van der Waals surface area contributed by atoms with Gasteiger partial charge in [0.05, 0.1) is 13.7 Å². The number of aryl methyl sites for hydroxylation is 1. The third-order valence-corrected chi connectivity index (χ3v) is 3.78. The van der Waals surface area contributed by atoms with E-state index in [1.807, 2.05) is 29.0 Å². The van der Waals surface area contributed by atoms with Gasteiger partial charge < -0.3 is 10.1 Å². The van der Waals surface area contributed by atoms with Gasteiger partial charge >= 0.3 is 0 Å². The van der Waals surface area contributed by atoms with E-state index in [1.54, 1.807) is 18.4 Å². The van der Waals surface area contributed by atoms with Gasteiger partial charge in [-0.05, 0) is 30.7 Å². The topological polar surface area (TPSA) is 38.6 Å². The van der Waals surface area contributed by atoms with Crippen LogP contribution in [-0.4, -0.2) is 16.5 Å². The minimum absolute atomic E-state index is 0.242. The minimum atomic E-state index is -0.242. The van der Waals surface area contributed by atoms with E-state index in [0.29, 0.717) is 12.4 Å². The largest absolute Gasteiger partial charge is 0.480 e. The first kappa shape index (κ1) is 12.9. The fourth-order valence-corrected chi connectivity index (χ4v) is 2.89. The van der Waals surface area contributed by atoms with Crippen LogP contribution in [0.1, 0.15) is 11.3 Å². The predicted molar refractivity (Wildman–Crippen MR) is 78.1 cm³/mol. The lowest BCUT2D eigenvalue weighted by molar-refractivity contribution is 0.395. The first-order valence-corrected chi connectivity index (χ1v) is 7.05. The summed E-state index contributed by atoms with van der Waals surface area (Å²) in [4.78, 5) is 5.27. The van der Waals surface area contributed by atoms with E-state index in [2.05, 4.69) is 10.3 Å². The second-order valence-corrected chi connectivity index (χ2v) is 5.37. The number of imidazole rings is 1. The van der Waals surface area contributed by atoms with Crippen molar-refractivity contribution in [3.05, 3.63) is 46.9 Å². The van der Waals surface area contributed by atoms with E-state index in [1.165, 1.54) is 12.1 Å². The van der Waals surface area contributed by atoms with E-state index in [9.17, 15) is 4.39 Å². The summed E-state index contributed by atoms with van der Waals surface area (Å²) in [6.07, 6.45) is 1.95. The zero-order chi connectivity index (χ0) is 14.1. The summed E-state index contributed by atoms with van der Waals surface area (Å²) in [7, 11) is 1.60. The van der Waals surface area contributed by atoms with Crippen molar-refractivity contribution < 1.29 is 9.13 Å². The molecule has 0 saturated carbocycles. The first-order chi connectivity index (χ1) is 9.67. The molecule has 3 aromatic rings. The normalized spacial score (nSPS) is 10.9. The fraction of sp³-hybridized carbons (Fsp3) is 0.214. The maximum Gasteiger partial charge on any atom is 0.238 e. The molecule has 1 aromatic carbocycles. The summed E-state index contributed by atoms with van der Waals surface area (Å²) in [6, 6.07) is 4.88. The molecule has 0 fully saturated rings. The molecule has 4 nitrogen and oxygen atoms in total. The number of halogens is 1. The summed E-state index contributed by atoms with van der Waals surface area (Å²) in [5, 5.41) is 5.18. The highest BCUT2D eigenvalue weighted by atomic mass is 32.1. The molecule has 6 heteroatoms. The molecule has 0 unspecified atom stereocenters. The number of hydrogen-bond donors (Lipinski definition) is 1. The third kappa shape index (κ3) is 2.34. The molecule has 0 bridgehead atoms. The van der Waals surface area contributed by atoms with Crippen molar-refractivity contribution in [2.45, 2.75) is 13.5 Å². The third-order valence-electron chi connectivity index (χ3n) is 3.02. The van der Waals surface area contributed by atoms with Crippen LogP contribution in [0.15, 0.2) is 29.8 Å². The lowest BCUT2D eigenvalue weighted by Crippen LogP contribution is -2.04. The Morgan fingerprint density at radius 1 is 1.40 bits per heavy atom. The van der Waals surface area contributed by atoms with E-state index < -0.39 is 0 Å². The van der Waals surface area contributed by atoms with Crippen LogP contribution in [0, 0.1) is 12.7 Å². The molecule has 3 rings (SSSR count). The molecule has 0 atom stereocenters. The number of nitrogens with one attached hydrogen (secondary N) is 1. The van der Waals surface area contributed by atoms with Gasteiger partial charge in [0.1, 0.15) is 11.5 Å². The van der Waals surface area contributed by atoms with Crippen LogP contribution in [0.2, 0.25) is 0 Å². The van der Waals surface area contributed by atoms with Gasteiger partial charge in [0, 0.05) is 17.3 Å². The van der Waals surface area contributed by atoms with E-state index >= 15 is 0 Å². The molecule has 2 heterocycles. The number of methoxy groups -OCH3 is 1. The number of rotatable bonds is 4. The number of benzene rings is 1. The first-order valence-electron chi connectivity index (χ1n) is 6.17. The Bertz CT molecular complexity index is 730. The summed E-state index contributed by atoms with van der Waals surface area (Å²) >= 11 is 1.55. The van der Waals surface area contributed by atoms with Gasteiger partial charge in [-0.3, -0.25) is 4.40 Å². The summed E-state index contributed by atoms with van der Waals surface area (Å²) in [5.74, 6) is 0.353. The maximum atomic E-state index is 13.4. The Balaban J connectivity index is 1.87. The van der Waals surface area contributed by atoms with Gasteiger partial charge in [-0.15, -0.1) is 11.3 Å². The Labute approximate surface area is 119 Å². The fourth-order valence-electron chi connectivity index (χ4n) is 2.16. The molecule has 0 aliphatic rings. The van der Waals surface area contributed by atoms with Crippen molar-refractivity contribution in [2.75, 3.05) is 12.4 Å². The SMILES string of the molecule is COc1nc2sccn2c1CNc1cc(C)cc(F)c1. The van der Waals surface area contributed by atoms with Gasteiger partial charge in [-0.2, -0.15) is 4.98 Å². The number of ether oxygens (including phenoxy) is 1. The van der Waals surface area contributed by atoms with Gasteiger partial charge in [0.15, 0.2) is 4.96 Å². The Morgan fingerprint density at radius 2 is 2.25 bits per heavy atom. The molecule has 0 amide bonds. The van der Waals surface area contributed by atoms with Gasteiger partial charge in [0.25, 0.3) is 0 Å². The monoisotopic (exact) mass is 291 g/mol. The van der Waals surface area contributed by atoms with Crippen LogP contribution in [0.3, 0.4) is 0 Å². The van der Waals surface area contributed by atoms with Crippen LogP contribution in [0.25, 0.3) is 4.96 Å². The number of thiazole rings is 1. The standard InChI is InChI=1S/C14H14FN3OS/c1-9-5-10(15)7-11(6-9)16-8-12-13(19-2)17-14-18(12)3-4-20-14/h3-7,16H,8H2,1-2H3. The lowest BCUT2D eigenvalue weighted by Gasteiger charge is -2.08. The molecule has 0 saturated heterocycles.